The number of sulfonamides is 1. The second-order valence-corrected chi connectivity index (χ2v) is 9.54. The number of piperidine rings is 1. The number of hydrogen-bond acceptors (Lipinski definition) is 4. The fourth-order valence-electron chi connectivity index (χ4n) is 3.97. The van der Waals surface area contributed by atoms with Gasteiger partial charge in [-0.05, 0) is 24.8 Å². The number of benzene rings is 1. The average molecular weight is 410 g/mol. The molecule has 8 nitrogen and oxygen atoms in total. The summed E-state index contributed by atoms with van der Waals surface area (Å²) in [5, 5.41) is 0. The standard InChI is InChI=1S/C19H28N4O4S/c20-19(25)17-8-4-5-9-23(17)18(24)14-21-10-12-22(13-11-21)28(26,27)15-16-6-2-1-3-7-16/h1-3,6-7,17H,4-5,8-15H2,(H2,20,25)/p+1/t17-/m0/s1. The summed E-state index contributed by atoms with van der Waals surface area (Å²) >= 11 is 0. The molecule has 0 saturated carbocycles. The van der Waals surface area contributed by atoms with Crippen molar-refractivity contribution in [3.63, 3.8) is 0 Å². The minimum atomic E-state index is -3.37. The number of nitrogens with two attached hydrogens (primary N) is 1. The molecule has 2 aliphatic heterocycles. The van der Waals surface area contributed by atoms with Gasteiger partial charge in [-0.2, -0.15) is 4.31 Å². The second kappa shape index (κ2) is 9.02. The Labute approximate surface area is 166 Å². The van der Waals surface area contributed by atoms with Crippen LogP contribution in [0.4, 0.5) is 0 Å². The van der Waals surface area contributed by atoms with Crippen molar-refractivity contribution < 1.29 is 22.9 Å². The van der Waals surface area contributed by atoms with Gasteiger partial charge in [-0.15, -0.1) is 0 Å². The molecule has 1 atom stereocenters. The second-order valence-electron chi connectivity index (χ2n) is 7.57. The Morgan fingerprint density at radius 2 is 1.75 bits per heavy atom. The molecule has 28 heavy (non-hydrogen) atoms. The topological polar surface area (TPSA) is 105 Å². The molecule has 1 aromatic rings. The summed E-state index contributed by atoms with van der Waals surface area (Å²) in [5.41, 5.74) is 6.22. The lowest BCUT2D eigenvalue weighted by molar-refractivity contribution is -0.896. The van der Waals surface area contributed by atoms with Crippen LogP contribution in [0.25, 0.3) is 0 Å². The summed E-state index contributed by atoms with van der Waals surface area (Å²) in [6.45, 7) is 2.80. The molecule has 154 valence electrons. The van der Waals surface area contributed by atoms with Crippen LogP contribution >= 0.6 is 0 Å². The van der Waals surface area contributed by atoms with Crippen molar-refractivity contribution in [3.8, 4) is 0 Å². The Hall–Kier alpha value is -1.97. The minimum Gasteiger partial charge on any atom is -0.368 e. The van der Waals surface area contributed by atoms with Gasteiger partial charge in [0.15, 0.2) is 6.54 Å². The van der Waals surface area contributed by atoms with Crippen molar-refractivity contribution in [3.05, 3.63) is 35.9 Å². The molecular weight excluding hydrogens is 380 g/mol. The largest absolute Gasteiger partial charge is 0.368 e. The van der Waals surface area contributed by atoms with Crippen LogP contribution < -0.4 is 10.6 Å². The van der Waals surface area contributed by atoms with E-state index >= 15 is 0 Å². The average Bonchev–Trinajstić information content (AvgIpc) is 2.69. The third kappa shape index (κ3) is 5.09. The number of piperazine rings is 1. The number of primary amides is 1. The SMILES string of the molecule is NC(=O)[C@@H]1CCCCN1C(=O)C[NH+]1CCN(S(=O)(=O)Cc2ccccc2)CC1. The first kappa shape index (κ1) is 20.8. The molecule has 0 aromatic heterocycles. The van der Waals surface area contributed by atoms with Crippen molar-refractivity contribution in [1.29, 1.82) is 0 Å². The number of carbonyl (C=O) groups is 2. The molecule has 1 aromatic carbocycles. The van der Waals surface area contributed by atoms with Crippen molar-refractivity contribution in [2.24, 2.45) is 5.73 Å². The molecule has 2 fully saturated rings. The monoisotopic (exact) mass is 409 g/mol. The van der Waals surface area contributed by atoms with Crippen molar-refractivity contribution in [2.75, 3.05) is 39.3 Å². The number of nitrogens with zero attached hydrogens (tertiary/aromatic N) is 2. The summed E-state index contributed by atoms with van der Waals surface area (Å²) in [6, 6.07) is 8.64. The fraction of sp³-hybridized carbons (Fsp3) is 0.579. The molecule has 3 rings (SSSR count). The lowest BCUT2D eigenvalue weighted by Crippen LogP contribution is -3.15. The van der Waals surface area contributed by atoms with E-state index in [0.29, 0.717) is 39.1 Å². The van der Waals surface area contributed by atoms with Gasteiger partial charge in [0.25, 0.3) is 5.91 Å². The van der Waals surface area contributed by atoms with Gasteiger partial charge in [0, 0.05) is 6.54 Å². The van der Waals surface area contributed by atoms with E-state index in [1.807, 2.05) is 30.3 Å². The summed E-state index contributed by atoms with van der Waals surface area (Å²) in [5.74, 6) is -0.519. The number of quaternary nitrogens is 1. The van der Waals surface area contributed by atoms with Crippen LogP contribution in [0.5, 0.6) is 0 Å². The number of likely N-dealkylation sites (tertiary alicyclic amines) is 1. The molecule has 2 saturated heterocycles. The highest BCUT2D eigenvalue weighted by molar-refractivity contribution is 7.88. The number of nitrogens with one attached hydrogen (secondary N) is 1. The Morgan fingerprint density at radius 1 is 1.07 bits per heavy atom. The molecule has 3 N–H and O–H groups in total. The third-order valence-electron chi connectivity index (χ3n) is 5.57. The molecule has 0 radical (unpaired) electrons. The summed E-state index contributed by atoms with van der Waals surface area (Å²) in [7, 11) is -3.37. The molecule has 2 amide bonds. The van der Waals surface area contributed by atoms with Crippen LogP contribution in [0.15, 0.2) is 30.3 Å². The minimum absolute atomic E-state index is 0.00380. The molecule has 0 spiro atoms. The smallest absolute Gasteiger partial charge is 0.278 e. The zero-order valence-electron chi connectivity index (χ0n) is 16.0. The van der Waals surface area contributed by atoms with Crippen molar-refractivity contribution in [1.82, 2.24) is 9.21 Å². The van der Waals surface area contributed by atoms with Gasteiger partial charge in [-0.1, -0.05) is 30.3 Å². The highest BCUT2D eigenvalue weighted by Gasteiger charge is 2.34. The highest BCUT2D eigenvalue weighted by Crippen LogP contribution is 2.16. The summed E-state index contributed by atoms with van der Waals surface area (Å²) in [4.78, 5) is 26.9. The van der Waals surface area contributed by atoms with E-state index in [9.17, 15) is 18.0 Å². The quantitative estimate of drug-likeness (QED) is 0.602. The third-order valence-corrected chi connectivity index (χ3v) is 7.42. The zero-order chi connectivity index (χ0) is 20.1. The summed E-state index contributed by atoms with van der Waals surface area (Å²) < 4.78 is 26.8. The molecule has 9 heteroatoms. The normalized spacial score (nSPS) is 22.1. The first-order valence-corrected chi connectivity index (χ1v) is 11.4. The Balaban J connectivity index is 1.52. The van der Waals surface area contributed by atoms with Gasteiger partial charge in [-0.3, -0.25) is 9.59 Å². The van der Waals surface area contributed by atoms with Crippen LogP contribution in [0.2, 0.25) is 0 Å². The maximum atomic E-state index is 12.7. The molecule has 0 bridgehead atoms. The number of rotatable bonds is 6. The number of carbonyl (C=O) groups excluding carboxylic acids is 2. The highest BCUT2D eigenvalue weighted by atomic mass is 32.2. The molecule has 2 aliphatic rings. The van der Waals surface area contributed by atoms with E-state index < -0.39 is 22.0 Å². The van der Waals surface area contributed by atoms with E-state index in [-0.39, 0.29) is 18.2 Å². The number of amides is 2. The van der Waals surface area contributed by atoms with Gasteiger partial charge in [0.2, 0.25) is 15.9 Å². The van der Waals surface area contributed by atoms with E-state index in [2.05, 4.69) is 0 Å². The van der Waals surface area contributed by atoms with Crippen LogP contribution in [-0.4, -0.2) is 74.7 Å². The molecule has 0 unspecified atom stereocenters. The van der Waals surface area contributed by atoms with Gasteiger partial charge in [-0.25, -0.2) is 8.42 Å². The first-order chi connectivity index (χ1) is 13.4. The lowest BCUT2D eigenvalue weighted by Gasteiger charge is -2.36. The number of hydrogen-bond donors (Lipinski definition) is 2. The van der Waals surface area contributed by atoms with E-state index in [4.69, 9.17) is 5.73 Å². The van der Waals surface area contributed by atoms with Gasteiger partial charge in [0.1, 0.15) is 6.04 Å². The molecule has 2 heterocycles. The first-order valence-electron chi connectivity index (χ1n) is 9.81. The predicted molar refractivity (Wildman–Crippen MR) is 105 cm³/mol. The molecule has 0 aliphatic carbocycles. The predicted octanol–water partition coefficient (Wildman–Crippen LogP) is -1.42. The van der Waals surface area contributed by atoms with Crippen molar-refractivity contribution in [2.45, 2.75) is 31.1 Å². The Morgan fingerprint density at radius 3 is 2.39 bits per heavy atom. The Kier molecular flexibility index (Phi) is 6.69. The molecular formula is C19H29N4O4S+. The lowest BCUT2D eigenvalue weighted by atomic mass is 10.0. The van der Waals surface area contributed by atoms with Crippen LogP contribution in [0, 0.1) is 0 Å². The Bertz CT molecular complexity index is 791. The van der Waals surface area contributed by atoms with Crippen LogP contribution in [0.3, 0.4) is 0 Å². The maximum Gasteiger partial charge on any atom is 0.278 e. The fourth-order valence-corrected chi connectivity index (χ4v) is 5.51. The van der Waals surface area contributed by atoms with Crippen molar-refractivity contribution >= 4 is 21.8 Å². The van der Waals surface area contributed by atoms with Crippen LogP contribution in [0.1, 0.15) is 24.8 Å². The van der Waals surface area contributed by atoms with E-state index in [1.165, 1.54) is 4.31 Å². The zero-order valence-corrected chi connectivity index (χ0v) is 16.9. The van der Waals surface area contributed by atoms with Crippen LogP contribution in [-0.2, 0) is 25.4 Å². The van der Waals surface area contributed by atoms with Gasteiger partial charge >= 0.3 is 0 Å². The summed E-state index contributed by atoms with van der Waals surface area (Å²) in [6.07, 6.45) is 2.42. The maximum absolute atomic E-state index is 12.7. The van der Waals surface area contributed by atoms with Gasteiger partial charge < -0.3 is 15.5 Å². The van der Waals surface area contributed by atoms with E-state index in [0.717, 1.165) is 23.3 Å². The van der Waals surface area contributed by atoms with Gasteiger partial charge in [0.05, 0.1) is 31.9 Å². The van der Waals surface area contributed by atoms with E-state index in [1.54, 1.807) is 4.90 Å².